The van der Waals surface area contributed by atoms with E-state index in [4.69, 9.17) is 5.73 Å². The standard InChI is InChI=1S/C19H24N2O/c1-14(2)18(13-20)21(3)19(22)17-12-8-7-11-16(17)15-9-5-4-6-10-15/h4-12,14,18H,13,20H2,1-3H3. The highest BCUT2D eigenvalue weighted by molar-refractivity contribution is 6.00. The molecule has 116 valence electrons. The summed E-state index contributed by atoms with van der Waals surface area (Å²) in [4.78, 5) is 14.7. The van der Waals surface area contributed by atoms with Crippen LogP contribution in [0, 0.1) is 5.92 Å². The highest BCUT2D eigenvalue weighted by Crippen LogP contribution is 2.25. The number of hydrogen-bond acceptors (Lipinski definition) is 2. The number of nitrogens with zero attached hydrogens (tertiary/aromatic N) is 1. The Morgan fingerprint density at radius 2 is 1.64 bits per heavy atom. The molecule has 2 aromatic rings. The molecule has 3 heteroatoms. The van der Waals surface area contributed by atoms with Crippen LogP contribution in [0.15, 0.2) is 54.6 Å². The molecular formula is C19H24N2O. The molecular weight excluding hydrogens is 272 g/mol. The number of rotatable bonds is 5. The fraction of sp³-hybridized carbons (Fsp3) is 0.316. The van der Waals surface area contributed by atoms with Crippen LogP contribution in [0.3, 0.4) is 0 Å². The molecule has 1 unspecified atom stereocenters. The molecule has 0 spiro atoms. The van der Waals surface area contributed by atoms with E-state index in [0.717, 1.165) is 16.7 Å². The zero-order valence-electron chi connectivity index (χ0n) is 13.5. The van der Waals surface area contributed by atoms with Crippen LogP contribution in [-0.4, -0.2) is 30.4 Å². The lowest BCUT2D eigenvalue weighted by Gasteiger charge is -2.30. The van der Waals surface area contributed by atoms with Gasteiger partial charge in [-0.25, -0.2) is 0 Å². The Morgan fingerprint density at radius 1 is 1.05 bits per heavy atom. The second-order valence-electron chi connectivity index (χ2n) is 5.87. The third kappa shape index (κ3) is 3.37. The smallest absolute Gasteiger partial charge is 0.254 e. The Labute approximate surface area is 132 Å². The van der Waals surface area contributed by atoms with E-state index in [1.807, 2.05) is 61.6 Å². The first kappa shape index (κ1) is 16.2. The Hall–Kier alpha value is -2.13. The maximum atomic E-state index is 12.9. The molecule has 2 rings (SSSR count). The fourth-order valence-corrected chi connectivity index (χ4v) is 2.76. The highest BCUT2D eigenvalue weighted by Gasteiger charge is 2.24. The summed E-state index contributed by atoms with van der Waals surface area (Å²) in [5.41, 5.74) is 8.57. The number of likely N-dealkylation sites (N-methyl/N-ethyl adjacent to an activating group) is 1. The van der Waals surface area contributed by atoms with Gasteiger partial charge < -0.3 is 10.6 Å². The van der Waals surface area contributed by atoms with Crippen molar-refractivity contribution in [1.82, 2.24) is 4.90 Å². The van der Waals surface area contributed by atoms with E-state index < -0.39 is 0 Å². The predicted molar refractivity (Wildman–Crippen MR) is 91.7 cm³/mol. The van der Waals surface area contributed by atoms with E-state index in [-0.39, 0.29) is 11.9 Å². The number of nitrogens with two attached hydrogens (primary N) is 1. The van der Waals surface area contributed by atoms with E-state index in [2.05, 4.69) is 13.8 Å². The average Bonchev–Trinajstić information content (AvgIpc) is 2.55. The molecule has 3 nitrogen and oxygen atoms in total. The number of carbonyl (C=O) groups is 1. The van der Waals surface area contributed by atoms with Gasteiger partial charge in [0.15, 0.2) is 0 Å². The van der Waals surface area contributed by atoms with E-state index in [1.165, 1.54) is 0 Å². The second-order valence-corrected chi connectivity index (χ2v) is 5.87. The number of carbonyl (C=O) groups excluding carboxylic acids is 1. The molecule has 1 atom stereocenters. The number of hydrogen-bond donors (Lipinski definition) is 1. The maximum absolute atomic E-state index is 12.9. The minimum absolute atomic E-state index is 0.0172. The van der Waals surface area contributed by atoms with Gasteiger partial charge in [0.1, 0.15) is 0 Å². The van der Waals surface area contributed by atoms with Gasteiger partial charge in [-0.3, -0.25) is 4.79 Å². The fourth-order valence-electron chi connectivity index (χ4n) is 2.76. The highest BCUT2D eigenvalue weighted by atomic mass is 16.2. The second kappa shape index (κ2) is 7.23. The number of amides is 1. The van der Waals surface area contributed by atoms with Crippen molar-refractivity contribution in [3.05, 3.63) is 60.2 Å². The van der Waals surface area contributed by atoms with Crippen molar-refractivity contribution in [2.45, 2.75) is 19.9 Å². The summed E-state index contributed by atoms with van der Waals surface area (Å²) in [6, 6.07) is 17.8. The summed E-state index contributed by atoms with van der Waals surface area (Å²) in [5.74, 6) is 0.339. The van der Waals surface area contributed by atoms with Crippen molar-refractivity contribution in [3.63, 3.8) is 0 Å². The zero-order chi connectivity index (χ0) is 16.1. The van der Waals surface area contributed by atoms with Crippen LogP contribution >= 0.6 is 0 Å². The van der Waals surface area contributed by atoms with Gasteiger partial charge in [0.2, 0.25) is 0 Å². The summed E-state index contributed by atoms with van der Waals surface area (Å²) in [6.45, 7) is 4.64. The molecule has 22 heavy (non-hydrogen) atoms. The van der Waals surface area contributed by atoms with Crippen molar-refractivity contribution >= 4 is 5.91 Å². The van der Waals surface area contributed by atoms with Gasteiger partial charge in [-0.05, 0) is 23.1 Å². The molecule has 2 N–H and O–H groups in total. The molecule has 0 aromatic heterocycles. The van der Waals surface area contributed by atoms with Crippen LogP contribution in [0.2, 0.25) is 0 Å². The van der Waals surface area contributed by atoms with Gasteiger partial charge in [0.25, 0.3) is 5.91 Å². The first-order valence-electron chi connectivity index (χ1n) is 7.68. The lowest BCUT2D eigenvalue weighted by atomic mass is 9.97. The molecule has 0 aliphatic rings. The van der Waals surface area contributed by atoms with E-state index in [1.54, 1.807) is 4.90 Å². The molecule has 0 radical (unpaired) electrons. The normalized spacial score (nSPS) is 12.2. The van der Waals surface area contributed by atoms with Crippen molar-refractivity contribution in [2.24, 2.45) is 11.7 Å². The van der Waals surface area contributed by atoms with Crippen molar-refractivity contribution < 1.29 is 4.79 Å². The SMILES string of the molecule is CC(C)C(CN)N(C)C(=O)c1ccccc1-c1ccccc1. The van der Waals surface area contributed by atoms with Crippen molar-refractivity contribution in [3.8, 4) is 11.1 Å². The van der Waals surface area contributed by atoms with E-state index >= 15 is 0 Å². The van der Waals surface area contributed by atoms with Crippen molar-refractivity contribution in [2.75, 3.05) is 13.6 Å². The molecule has 2 aromatic carbocycles. The average molecular weight is 296 g/mol. The van der Waals surface area contributed by atoms with Crippen LogP contribution in [0.1, 0.15) is 24.2 Å². The number of benzene rings is 2. The monoisotopic (exact) mass is 296 g/mol. The molecule has 0 fully saturated rings. The lowest BCUT2D eigenvalue weighted by molar-refractivity contribution is 0.0697. The maximum Gasteiger partial charge on any atom is 0.254 e. The van der Waals surface area contributed by atoms with Gasteiger partial charge in [-0.2, -0.15) is 0 Å². The molecule has 0 aliphatic carbocycles. The van der Waals surface area contributed by atoms with E-state index in [9.17, 15) is 4.79 Å². The Bertz CT molecular complexity index is 622. The first-order valence-corrected chi connectivity index (χ1v) is 7.68. The Balaban J connectivity index is 2.39. The molecule has 1 amide bonds. The first-order chi connectivity index (χ1) is 10.6. The Morgan fingerprint density at radius 3 is 2.23 bits per heavy atom. The van der Waals surface area contributed by atoms with E-state index in [0.29, 0.717) is 12.5 Å². The predicted octanol–water partition coefficient (Wildman–Crippen LogP) is 3.41. The van der Waals surface area contributed by atoms with Crippen LogP contribution in [0.4, 0.5) is 0 Å². The molecule has 0 saturated carbocycles. The molecule has 0 heterocycles. The summed E-state index contributed by atoms with van der Waals surface area (Å²) in [7, 11) is 1.83. The van der Waals surface area contributed by atoms with Crippen molar-refractivity contribution in [1.29, 1.82) is 0 Å². The third-order valence-electron chi connectivity index (χ3n) is 4.07. The molecule has 0 bridgehead atoms. The zero-order valence-corrected chi connectivity index (χ0v) is 13.5. The summed E-state index contributed by atoms with van der Waals surface area (Å²) < 4.78 is 0. The van der Waals surface area contributed by atoms with Gasteiger partial charge in [-0.15, -0.1) is 0 Å². The topological polar surface area (TPSA) is 46.3 Å². The van der Waals surface area contributed by atoms with Crippen LogP contribution in [-0.2, 0) is 0 Å². The Kier molecular flexibility index (Phi) is 5.34. The van der Waals surface area contributed by atoms with Gasteiger partial charge in [0.05, 0.1) is 0 Å². The quantitative estimate of drug-likeness (QED) is 0.919. The minimum Gasteiger partial charge on any atom is -0.337 e. The summed E-state index contributed by atoms with van der Waals surface area (Å²) in [5, 5.41) is 0. The minimum atomic E-state index is 0.0172. The van der Waals surface area contributed by atoms with Gasteiger partial charge in [-0.1, -0.05) is 62.4 Å². The summed E-state index contributed by atoms with van der Waals surface area (Å²) >= 11 is 0. The third-order valence-corrected chi connectivity index (χ3v) is 4.07. The molecule has 0 saturated heterocycles. The van der Waals surface area contributed by atoms with Crippen LogP contribution in [0.5, 0.6) is 0 Å². The largest absolute Gasteiger partial charge is 0.337 e. The summed E-state index contributed by atoms with van der Waals surface area (Å²) in [6.07, 6.45) is 0. The van der Waals surface area contributed by atoms with Gasteiger partial charge in [0, 0.05) is 25.2 Å². The van der Waals surface area contributed by atoms with Gasteiger partial charge >= 0.3 is 0 Å². The lowest BCUT2D eigenvalue weighted by Crippen LogP contribution is -2.45. The van der Waals surface area contributed by atoms with Crippen LogP contribution in [0.25, 0.3) is 11.1 Å². The molecule has 0 aliphatic heterocycles. The van der Waals surface area contributed by atoms with Crippen LogP contribution < -0.4 is 5.73 Å².